The summed E-state index contributed by atoms with van der Waals surface area (Å²) < 4.78 is 5.09. The zero-order chi connectivity index (χ0) is 16.8. The number of carbonyl (C=O) groups excluding carboxylic acids is 2. The van der Waals surface area contributed by atoms with Crippen molar-refractivity contribution in [2.24, 2.45) is 10.2 Å². The Morgan fingerprint density at radius 2 is 2.04 bits per heavy atom. The maximum atomic E-state index is 11.9. The molecule has 1 N–H and O–H groups in total. The number of ether oxygens (including phenoxy) is 1. The molecule has 0 bridgehead atoms. The van der Waals surface area contributed by atoms with Gasteiger partial charge in [0.2, 0.25) is 5.91 Å². The van der Waals surface area contributed by atoms with Gasteiger partial charge in [-0.3, -0.25) is 9.59 Å². The second-order valence-electron chi connectivity index (χ2n) is 5.25. The summed E-state index contributed by atoms with van der Waals surface area (Å²) in [6.07, 6.45) is 1.03. The number of rotatable bonds is 5. The van der Waals surface area contributed by atoms with Crippen molar-refractivity contribution in [1.29, 1.82) is 0 Å². The van der Waals surface area contributed by atoms with Gasteiger partial charge in [0.25, 0.3) is 5.91 Å². The van der Waals surface area contributed by atoms with E-state index < -0.39 is 0 Å². The summed E-state index contributed by atoms with van der Waals surface area (Å²) in [5.41, 5.74) is 4.82. The topological polar surface area (TPSA) is 83.4 Å². The molecule has 2 amide bonds. The molecule has 0 aromatic heterocycles. The van der Waals surface area contributed by atoms with Crippen LogP contribution in [0.2, 0.25) is 0 Å². The predicted octanol–water partition coefficient (Wildman–Crippen LogP) is 1.53. The molecular formula is C16H20N4O3. The maximum absolute atomic E-state index is 11.9. The Balaban J connectivity index is 1.94. The molecule has 0 saturated carbocycles. The highest BCUT2D eigenvalue weighted by Gasteiger charge is 2.20. The van der Waals surface area contributed by atoms with Crippen LogP contribution in [0.3, 0.4) is 0 Å². The van der Waals surface area contributed by atoms with E-state index >= 15 is 0 Å². The zero-order valence-corrected chi connectivity index (χ0v) is 13.5. The highest BCUT2D eigenvalue weighted by molar-refractivity contribution is 5.99. The third kappa shape index (κ3) is 4.64. The van der Waals surface area contributed by atoms with Crippen molar-refractivity contribution in [3.05, 3.63) is 29.8 Å². The fourth-order valence-electron chi connectivity index (χ4n) is 2.07. The van der Waals surface area contributed by atoms with E-state index in [1.807, 2.05) is 31.2 Å². The molecule has 0 unspecified atom stereocenters. The molecule has 122 valence electrons. The van der Waals surface area contributed by atoms with Crippen LogP contribution in [0.25, 0.3) is 0 Å². The summed E-state index contributed by atoms with van der Waals surface area (Å²) in [6, 6.07) is 7.34. The van der Waals surface area contributed by atoms with Gasteiger partial charge in [0, 0.05) is 12.1 Å². The second kappa shape index (κ2) is 7.53. The highest BCUT2D eigenvalue weighted by atomic mass is 16.5. The van der Waals surface area contributed by atoms with Crippen molar-refractivity contribution >= 4 is 23.2 Å². The summed E-state index contributed by atoms with van der Waals surface area (Å²) in [5, 5.41) is 9.32. The van der Waals surface area contributed by atoms with Gasteiger partial charge in [0.15, 0.2) is 0 Å². The Morgan fingerprint density at radius 3 is 2.70 bits per heavy atom. The van der Waals surface area contributed by atoms with E-state index in [2.05, 4.69) is 15.6 Å². The number of nitrogens with one attached hydrogen (secondary N) is 1. The lowest BCUT2D eigenvalue weighted by molar-refractivity contribution is -0.136. The molecule has 0 aliphatic carbocycles. The minimum Gasteiger partial charge on any atom is -0.497 e. The maximum Gasteiger partial charge on any atom is 0.261 e. The summed E-state index contributed by atoms with van der Waals surface area (Å²) >= 11 is 0. The fraction of sp³-hybridized carbons (Fsp3) is 0.375. The number of hydrogen-bond donors (Lipinski definition) is 1. The predicted molar refractivity (Wildman–Crippen MR) is 87.4 cm³/mol. The Kier molecular flexibility index (Phi) is 5.46. The smallest absolute Gasteiger partial charge is 0.261 e. The number of carbonyl (C=O) groups is 2. The van der Waals surface area contributed by atoms with Gasteiger partial charge in [-0.05, 0) is 50.1 Å². The van der Waals surface area contributed by atoms with Crippen LogP contribution in [0, 0.1) is 0 Å². The first-order valence-corrected chi connectivity index (χ1v) is 7.31. The molecule has 23 heavy (non-hydrogen) atoms. The zero-order valence-electron chi connectivity index (χ0n) is 13.5. The Bertz CT molecular complexity index is 650. The summed E-state index contributed by atoms with van der Waals surface area (Å²) in [5.74, 6) is 0.216. The number of benzene rings is 1. The van der Waals surface area contributed by atoms with Crippen molar-refractivity contribution in [2.45, 2.75) is 26.7 Å². The van der Waals surface area contributed by atoms with E-state index in [0.29, 0.717) is 18.6 Å². The van der Waals surface area contributed by atoms with E-state index in [1.165, 1.54) is 5.01 Å². The molecular weight excluding hydrogens is 296 g/mol. The van der Waals surface area contributed by atoms with E-state index in [4.69, 9.17) is 4.74 Å². The van der Waals surface area contributed by atoms with Crippen LogP contribution in [0.5, 0.6) is 5.75 Å². The normalized spacial score (nSPS) is 15.3. The average molecular weight is 316 g/mol. The van der Waals surface area contributed by atoms with Crippen molar-refractivity contribution in [2.75, 3.05) is 13.7 Å². The second-order valence-corrected chi connectivity index (χ2v) is 5.25. The van der Waals surface area contributed by atoms with E-state index in [0.717, 1.165) is 17.0 Å². The van der Waals surface area contributed by atoms with E-state index in [1.54, 1.807) is 14.0 Å². The SMILES string of the molecule is COc1ccc(/C(C)=N/NC(=O)CN2N=C(C)CCC2=O)cc1. The van der Waals surface area contributed by atoms with Crippen LogP contribution >= 0.6 is 0 Å². The monoisotopic (exact) mass is 316 g/mol. The molecule has 1 aromatic carbocycles. The third-order valence-corrected chi connectivity index (χ3v) is 3.43. The van der Waals surface area contributed by atoms with Gasteiger partial charge >= 0.3 is 0 Å². The number of amides is 2. The van der Waals surface area contributed by atoms with Crippen molar-refractivity contribution in [3.8, 4) is 5.75 Å². The first-order valence-electron chi connectivity index (χ1n) is 7.31. The van der Waals surface area contributed by atoms with Crippen LogP contribution in [-0.2, 0) is 9.59 Å². The standard InChI is InChI=1S/C16H20N4O3/c1-11-4-9-16(22)20(19-11)10-15(21)18-17-12(2)13-5-7-14(23-3)8-6-13/h5-8H,4,9-10H2,1-3H3,(H,18,21)/b17-12+. The largest absolute Gasteiger partial charge is 0.497 e. The Hall–Kier alpha value is -2.70. The van der Waals surface area contributed by atoms with Crippen LogP contribution < -0.4 is 10.2 Å². The van der Waals surface area contributed by atoms with Gasteiger partial charge in [-0.2, -0.15) is 10.2 Å². The molecule has 0 atom stereocenters. The summed E-state index contributed by atoms with van der Waals surface area (Å²) in [4.78, 5) is 23.6. The first kappa shape index (κ1) is 16.7. The minimum atomic E-state index is -0.385. The lowest BCUT2D eigenvalue weighted by Gasteiger charge is -2.21. The van der Waals surface area contributed by atoms with Gasteiger partial charge < -0.3 is 4.74 Å². The van der Waals surface area contributed by atoms with Crippen molar-refractivity contribution < 1.29 is 14.3 Å². The number of hydrazone groups is 2. The number of hydrogen-bond acceptors (Lipinski definition) is 5. The Morgan fingerprint density at radius 1 is 1.35 bits per heavy atom. The summed E-state index contributed by atoms with van der Waals surface area (Å²) in [6.45, 7) is 3.50. The van der Waals surface area contributed by atoms with Crippen LogP contribution in [-0.4, -0.2) is 41.9 Å². The number of nitrogens with zero attached hydrogens (tertiary/aromatic N) is 3. The van der Waals surface area contributed by atoms with Crippen LogP contribution in [0.15, 0.2) is 34.5 Å². The number of methoxy groups -OCH3 is 1. The van der Waals surface area contributed by atoms with Gasteiger partial charge in [-0.15, -0.1) is 0 Å². The molecule has 0 radical (unpaired) electrons. The third-order valence-electron chi connectivity index (χ3n) is 3.43. The molecule has 1 aliphatic rings. The average Bonchev–Trinajstić information content (AvgIpc) is 2.56. The van der Waals surface area contributed by atoms with Crippen molar-refractivity contribution in [1.82, 2.24) is 10.4 Å². The van der Waals surface area contributed by atoms with Gasteiger partial charge in [-0.1, -0.05) is 0 Å². The quantitative estimate of drug-likeness (QED) is 0.660. The molecule has 0 spiro atoms. The molecule has 2 rings (SSSR count). The Labute approximate surface area is 135 Å². The fourth-order valence-corrected chi connectivity index (χ4v) is 2.07. The molecule has 1 aromatic rings. The lowest BCUT2D eigenvalue weighted by Crippen LogP contribution is -2.38. The van der Waals surface area contributed by atoms with Crippen molar-refractivity contribution in [3.63, 3.8) is 0 Å². The minimum absolute atomic E-state index is 0.129. The molecule has 1 heterocycles. The van der Waals surface area contributed by atoms with Gasteiger partial charge in [0.05, 0.1) is 12.8 Å². The van der Waals surface area contributed by atoms with Gasteiger partial charge in [-0.25, -0.2) is 10.4 Å². The summed E-state index contributed by atoms with van der Waals surface area (Å²) in [7, 11) is 1.60. The van der Waals surface area contributed by atoms with Gasteiger partial charge in [0.1, 0.15) is 12.3 Å². The molecule has 0 saturated heterocycles. The molecule has 0 fully saturated rings. The van der Waals surface area contributed by atoms with Crippen LogP contribution in [0.4, 0.5) is 0 Å². The van der Waals surface area contributed by atoms with E-state index in [9.17, 15) is 9.59 Å². The molecule has 1 aliphatic heterocycles. The lowest BCUT2D eigenvalue weighted by atomic mass is 10.1. The van der Waals surface area contributed by atoms with Crippen LogP contribution in [0.1, 0.15) is 32.3 Å². The highest BCUT2D eigenvalue weighted by Crippen LogP contribution is 2.12. The first-order chi connectivity index (χ1) is 11.0. The molecule has 7 heteroatoms. The molecule has 7 nitrogen and oxygen atoms in total. The van der Waals surface area contributed by atoms with E-state index in [-0.39, 0.29) is 18.4 Å².